The lowest BCUT2D eigenvalue weighted by atomic mass is 9.76. The summed E-state index contributed by atoms with van der Waals surface area (Å²) in [7, 11) is 0. The second kappa shape index (κ2) is 6.49. The van der Waals surface area contributed by atoms with Crippen LogP contribution in [0.15, 0.2) is 0 Å². The van der Waals surface area contributed by atoms with Crippen LogP contribution >= 0.6 is 0 Å². The lowest BCUT2D eigenvalue weighted by Gasteiger charge is -2.35. The number of nitrogens with one attached hydrogen (secondary N) is 1. The standard InChI is InChI=1S/C13H27NO/c1-3-10-14-11-9-13(2,15)12-7-5-4-6-8-12/h12,14-15H,3-11H2,1-2H3. The molecule has 1 aliphatic rings. The minimum atomic E-state index is -0.443. The third-order valence-corrected chi connectivity index (χ3v) is 3.72. The van der Waals surface area contributed by atoms with Gasteiger partial charge in [0.25, 0.3) is 0 Å². The van der Waals surface area contributed by atoms with Gasteiger partial charge in [0.2, 0.25) is 0 Å². The summed E-state index contributed by atoms with van der Waals surface area (Å²) in [4.78, 5) is 0. The highest BCUT2D eigenvalue weighted by Gasteiger charge is 2.31. The summed E-state index contributed by atoms with van der Waals surface area (Å²) in [5, 5.41) is 13.8. The summed E-state index contributed by atoms with van der Waals surface area (Å²) in [5.74, 6) is 0.537. The predicted octanol–water partition coefficient (Wildman–Crippen LogP) is 2.71. The topological polar surface area (TPSA) is 32.3 Å². The zero-order valence-corrected chi connectivity index (χ0v) is 10.4. The van der Waals surface area contributed by atoms with Crippen LogP contribution in [0.3, 0.4) is 0 Å². The Balaban J connectivity index is 2.23. The number of hydrogen-bond acceptors (Lipinski definition) is 2. The maximum atomic E-state index is 10.4. The van der Waals surface area contributed by atoms with Crippen LogP contribution in [0.2, 0.25) is 0 Å². The van der Waals surface area contributed by atoms with E-state index >= 15 is 0 Å². The van der Waals surface area contributed by atoms with Crippen LogP contribution in [0.5, 0.6) is 0 Å². The summed E-state index contributed by atoms with van der Waals surface area (Å²) >= 11 is 0. The zero-order valence-electron chi connectivity index (χ0n) is 10.4. The SMILES string of the molecule is CCCNCCC(C)(O)C1CCCCC1. The first-order valence-corrected chi connectivity index (χ1v) is 6.60. The fraction of sp³-hybridized carbons (Fsp3) is 1.00. The summed E-state index contributed by atoms with van der Waals surface area (Å²) in [5.41, 5.74) is -0.443. The Kier molecular flexibility index (Phi) is 5.62. The van der Waals surface area contributed by atoms with E-state index in [0.717, 1.165) is 19.5 Å². The number of aliphatic hydroxyl groups is 1. The highest BCUT2D eigenvalue weighted by Crippen LogP contribution is 2.34. The molecule has 0 aromatic rings. The van der Waals surface area contributed by atoms with Gasteiger partial charge in [-0.25, -0.2) is 0 Å². The van der Waals surface area contributed by atoms with Crippen molar-refractivity contribution in [2.45, 2.75) is 64.4 Å². The monoisotopic (exact) mass is 213 g/mol. The highest BCUT2D eigenvalue weighted by atomic mass is 16.3. The van der Waals surface area contributed by atoms with E-state index in [9.17, 15) is 5.11 Å². The van der Waals surface area contributed by atoms with Gasteiger partial charge in [0, 0.05) is 0 Å². The van der Waals surface area contributed by atoms with Gasteiger partial charge in [-0.3, -0.25) is 0 Å². The molecule has 2 N–H and O–H groups in total. The lowest BCUT2D eigenvalue weighted by Crippen LogP contribution is -2.38. The van der Waals surface area contributed by atoms with Crippen molar-refractivity contribution in [3.63, 3.8) is 0 Å². The first-order valence-electron chi connectivity index (χ1n) is 6.60. The molecule has 0 aromatic carbocycles. The normalized spacial score (nSPS) is 22.6. The molecule has 0 aliphatic heterocycles. The molecule has 1 unspecified atom stereocenters. The van der Waals surface area contributed by atoms with E-state index in [0.29, 0.717) is 5.92 Å². The van der Waals surface area contributed by atoms with Crippen molar-refractivity contribution >= 4 is 0 Å². The van der Waals surface area contributed by atoms with Crippen LogP contribution in [0.4, 0.5) is 0 Å². The zero-order chi connectivity index (χ0) is 11.1. The maximum absolute atomic E-state index is 10.4. The minimum absolute atomic E-state index is 0.443. The average molecular weight is 213 g/mol. The van der Waals surface area contributed by atoms with E-state index in [-0.39, 0.29) is 0 Å². The average Bonchev–Trinajstić information content (AvgIpc) is 2.26. The van der Waals surface area contributed by atoms with Gasteiger partial charge >= 0.3 is 0 Å². The smallest absolute Gasteiger partial charge is 0.0659 e. The van der Waals surface area contributed by atoms with Gasteiger partial charge in [-0.1, -0.05) is 26.2 Å². The van der Waals surface area contributed by atoms with Gasteiger partial charge < -0.3 is 10.4 Å². The first kappa shape index (κ1) is 13.0. The Morgan fingerprint density at radius 1 is 1.20 bits per heavy atom. The van der Waals surface area contributed by atoms with Crippen molar-refractivity contribution in [3.05, 3.63) is 0 Å². The van der Waals surface area contributed by atoms with E-state index in [1.165, 1.54) is 38.5 Å². The van der Waals surface area contributed by atoms with Crippen molar-refractivity contribution in [1.82, 2.24) is 5.32 Å². The molecule has 0 saturated heterocycles. The van der Waals surface area contributed by atoms with Gasteiger partial charge in [-0.05, 0) is 51.6 Å². The van der Waals surface area contributed by atoms with Crippen LogP contribution in [0.25, 0.3) is 0 Å². The second-order valence-corrected chi connectivity index (χ2v) is 5.19. The molecule has 1 rings (SSSR count). The molecule has 90 valence electrons. The quantitative estimate of drug-likeness (QED) is 0.665. The Morgan fingerprint density at radius 3 is 2.47 bits per heavy atom. The maximum Gasteiger partial charge on any atom is 0.0659 e. The summed E-state index contributed by atoms with van der Waals surface area (Å²) in [6, 6.07) is 0. The van der Waals surface area contributed by atoms with Crippen molar-refractivity contribution in [3.8, 4) is 0 Å². The molecule has 2 nitrogen and oxygen atoms in total. The molecule has 15 heavy (non-hydrogen) atoms. The Bertz CT molecular complexity index is 162. The molecule has 1 aliphatic carbocycles. The van der Waals surface area contributed by atoms with Crippen molar-refractivity contribution in [2.75, 3.05) is 13.1 Å². The van der Waals surface area contributed by atoms with E-state index in [4.69, 9.17) is 0 Å². The van der Waals surface area contributed by atoms with Crippen LogP contribution in [-0.2, 0) is 0 Å². The molecular formula is C13H27NO. The molecule has 0 radical (unpaired) electrons. The first-order chi connectivity index (χ1) is 7.17. The summed E-state index contributed by atoms with van der Waals surface area (Å²) in [6.45, 7) is 6.22. The van der Waals surface area contributed by atoms with Crippen LogP contribution < -0.4 is 5.32 Å². The van der Waals surface area contributed by atoms with Gasteiger partial charge in [-0.2, -0.15) is 0 Å². The fourth-order valence-corrected chi connectivity index (χ4v) is 2.57. The van der Waals surface area contributed by atoms with E-state index in [1.54, 1.807) is 0 Å². The largest absolute Gasteiger partial charge is 0.390 e. The molecule has 2 heteroatoms. The van der Waals surface area contributed by atoms with Crippen LogP contribution in [-0.4, -0.2) is 23.8 Å². The molecule has 1 fully saturated rings. The van der Waals surface area contributed by atoms with E-state index in [1.807, 2.05) is 6.92 Å². The van der Waals surface area contributed by atoms with Gasteiger partial charge in [-0.15, -0.1) is 0 Å². The van der Waals surface area contributed by atoms with Crippen molar-refractivity contribution in [2.24, 2.45) is 5.92 Å². The molecule has 0 aromatic heterocycles. The van der Waals surface area contributed by atoms with Crippen LogP contribution in [0.1, 0.15) is 58.8 Å². The van der Waals surface area contributed by atoms with Crippen LogP contribution in [0, 0.1) is 5.92 Å². The van der Waals surface area contributed by atoms with E-state index < -0.39 is 5.60 Å². The predicted molar refractivity (Wildman–Crippen MR) is 65.0 cm³/mol. The molecule has 1 saturated carbocycles. The highest BCUT2D eigenvalue weighted by molar-refractivity contribution is 4.84. The van der Waals surface area contributed by atoms with Gasteiger partial charge in [0.1, 0.15) is 0 Å². The van der Waals surface area contributed by atoms with Crippen molar-refractivity contribution < 1.29 is 5.11 Å². The molecule has 1 atom stereocenters. The number of hydrogen-bond donors (Lipinski definition) is 2. The Morgan fingerprint density at radius 2 is 1.87 bits per heavy atom. The third kappa shape index (κ3) is 4.52. The summed E-state index contributed by atoms with van der Waals surface area (Å²) in [6.07, 6.45) is 8.50. The number of rotatable bonds is 6. The molecule has 0 spiro atoms. The van der Waals surface area contributed by atoms with E-state index in [2.05, 4.69) is 12.2 Å². The summed E-state index contributed by atoms with van der Waals surface area (Å²) < 4.78 is 0. The Labute approximate surface area is 94.5 Å². The second-order valence-electron chi connectivity index (χ2n) is 5.19. The lowest BCUT2D eigenvalue weighted by molar-refractivity contribution is -0.0229. The third-order valence-electron chi connectivity index (χ3n) is 3.72. The van der Waals surface area contributed by atoms with Gasteiger partial charge in [0.15, 0.2) is 0 Å². The molecule has 0 bridgehead atoms. The van der Waals surface area contributed by atoms with Gasteiger partial charge in [0.05, 0.1) is 5.60 Å². The molecule has 0 amide bonds. The molecular weight excluding hydrogens is 186 g/mol. The molecule has 0 heterocycles. The van der Waals surface area contributed by atoms with Crippen molar-refractivity contribution in [1.29, 1.82) is 0 Å². The Hall–Kier alpha value is -0.0800. The minimum Gasteiger partial charge on any atom is -0.390 e. The fourth-order valence-electron chi connectivity index (χ4n) is 2.57.